The van der Waals surface area contributed by atoms with Gasteiger partial charge >= 0.3 is 0 Å². The maximum Gasteiger partial charge on any atom is 0.212 e. The fourth-order valence-electron chi connectivity index (χ4n) is 1.56. The first-order valence-electron chi connectivity index (χ1n) is 5.67. The number of rotatable bonds is 4. The second-order valence-electron chi connectivity index (χ2n) is 3.98. The molecule has 0 aliphatic heterocycles. The van der Waals surface area contributed by atoms with Crippen molar-refractivity contribution in [3.05, 3.63) is 50.1 Å². The second-order valence-corrected chi connectivity index (χ2v) is 6.10. The van der Waals surface area contributed by atoms with E-state index in [2.05, 4.69) is 0 Å². The molecule has 2 rings (SSSR count). The molecule has 0 saturated carbocycles. The average molecular weight is 326 g/mol. The first kappa shape index (κ1) is 14.9. The topological polar surface area (TPSA) is 50.1 Å². The standard InChI is InChI=1S/C14H9Cl2NO2S/c1-8(14(18)12-4-5-13(16)20-12)19-10-3-2-9(7-17)11(15)6-10/h2-6,8H,1H3. The average Bonchev–Trinajstić information content (AvgIpc) is 2.84. The maximum absolute atomic E-state index is 12.1. The summed E-state index contributed by atoms with van der Waals surface area (Å²) in [4.78, 5) is 12.7. The Morgan fingerprint density at radius 1 is 1.35 bits per heavy atom. The summed E-state index contributed by atoms with van der Waals surface area (Å²) >= 11 is 12.9. The summed E-state index contributed by atoms with van der Waals surface area (Å²) in [5.74, 6) is 0.292. The Morgan fingerprint density at radius 3 is 2.65 bits per heavy atom. The van der Waals surface area contributed by atoms with Crippen LogP contribution in [0.1, 0.15) is 22.2 Å². The SMILES string of the molecule is CC(Oc1ccc(C#N)c(Cl)c1)C(=O)c1ccc(Cl)s1. The lowest BCUT2D eigenvalue weighted by molar-refractivity contribution is 0.0822. The molecule has 1 atom stereocenters. The van der Waals surface area contributed by atoms with Crippen molar-refractivity contribution in [2.24, 2.45) is 0 Å². The van der Waals surface area contributed by atoms with Gasteiger partial charge in [-0.3, -0.25) is 4.79 Å². The molecule has 102 valence electrons. The maximum atomic E-state index is 12.1. The Labute approximate surface area is 130 Å². The van der Waals surface area contributed by atoms with Crippen LogP contribution in [-0.4, -0.2) is 11.9 Å². The van der Waals surface area contributed by atoms with E-state index in [1.54, 1.807) is 31.2 Å². The van der Waals surface area contributed by atoms with Gasteiger partial charge in [-0.05, 0) is 31.2 Å². The molecule has 0 fully saturated rings. The number of ether oxygens (including phenoxy) is 1. The van der Waals surface area contributed by atoms with Crippen LogP contribution in [0.5, 0.6) is 5.75 Å². The molecule has 1 aromatic carbocycles. The van der Waals surface area contributed by atoms with Crippen LogP contribution in [0.25, 0.3) is 0 Å². The molecular weight excluding hydrogens is 317 g/mol. The molecular formula is C14H9Cl2NO2S. The summed E-state index contributed by atoms with van der Waals surface area (Å²) in [7, 11) is 0. The Balaban J connectivity index is 2.12. The molecule has 0 saturated heterocycles. The number of carbonyl (C=O) groups is 1. The first-order chi connectivity index (χ1) is 9.51. The number of hydrogen-bond donors (Lipinski definition) is 0. The predicted octanol–water partition coefficient (Wildman–Crippen LogP) is 4.58. The third-order valence-corrected chi connectivity index (χ3v) is 4.12. The number of ketones is 1. The van der Waals surface area contributed by atoms with Crippen molar-refractivity contribution in [1.82, 2.24) is 0 Å². The Bertz CT molecular complexity index is 691. The predicted molar refractivity (Wildman–Crippen MR) is 79.9 cm³/mol. The number of nitrogens with zero attached hydrogens (tertiary/aromatic N) is 1. The number of hydrogen-bond acceptors (Lipinski definition) is 4. The second kappa shape index (κ2) is 6.27. The number of benzene rings is 1. The van der Waals surface area contributed by atoms with Crippen molar-refractivity contribution in [1.29, 1.82) is 5.26 Å². The molecule has 20 heavy (non-hydrogen) atoms. The van der Waals surface area contributed by atoms with E-state index in [1.165, 1.54) is 17.4 Å². The lowest BCUT2D eigenvalue weighted by Gasteiger charge is -2.13. The smallest absolute Gasteiger partial charge is 0.212 e. The number of Topliss-reactive ketones (excluding diaryl/α,β-unsaturated/α-hetero) is 1. The van der Waals surface area contributed by atoms with Gasteiger partial charge in [0.15, 0.2) is 6.10 Å². The lowest BCUT2D eigenvalue weighted by Crippen LogP contribution is -2.23. The molecule has 2 aromatic rings. The molecule has 0 radical (unpaired) electrons. The van der Waals surface area contributed by atoms with Crippen molar-refractivity contribution in [2.45, 2.75) is 13.0 Å². The molecule has 0 N–H and O–H groups in total. The van der Waals surface area contributed by atoms with Gasteiger partial charge in [0.2, 0.25) is 5.78 Å². The van der Waals surface area contributed by atoms with Crippen LogP contribution in [0.3, 0.4) is 0 Å². The summed E-state index contributed by atoms with van der Waals surface area (Å²) in [6.07, 6.45) is -0.659. The van der Waals surface area contributed by atoms with E-state index in [0.29, 0.717) is 25.5 Å². The minimum Gasteiger partial charge on any atom is -0.482 e. The zero-order valence-electron chi connectivity index (χ0n) is 10.4. The molecule has 1 unspecified atom stereocenters. The molecule has 6 heteroatoms. The third kappa shape index (κ3) is 3.31. The highest BCUT2D eigenvalue weighted by Crippen LogP contribution is 2.26. The van der Waals surface area contributed by atoms with Gasteiger partial charge in [0.25, 0.3) is 0 Å². The fraction of sp³-hybridized carbons (Fsp3) is 0.143. The molecule has 1 heterocycles. The van der Waals surface area contributed by atoms with Crippen LogP contribution in [0.4, 0.5) is 0 Å². The van der Waals surface area contributed by atoms with Crippen molar-refractivity contribution >= 4 is 40.3 Å². The molecule has 0 spiro atoms. The zero-order chi connectivity index (χ0) is 14.7. The minimum absolute atomic E-state index is 0.151. The Morgan fingerprint density at radius 2 is 2.10 bits per heavy atom. The highest BCUT2D eigenvalue weighted by Gasteiger charge is 2.19. The molecule has 0 bridgehead atoms. The quantitative estimate of drug-likeness (QED) is 0.773. The van der Waals surface area contributed by atoms with Gasteiger partial charge in [0.05, 0.1) is 19.8 Å². The first-order valence-corrected chi connectivity index (χ1v) is 7.24. The van der Waals surface area contributed by atoms with Crippen LogP contribution in [-0.2, 0) is 0 Å². The van der Waals surface area contributed by atoms with Gasteiger partial charge in [-0.25, -0.2) is 0 Å². The monoisotopic (exact) mass is 325 g/mol. The van der Waals surface area contributed by atoms with E-state index in [0.717, 1.165) is 0 Å². The van der Waals surface area contributed by atoms with E-state index in [-0.39, 0.29) is 5.78 Å². The van der Waals surface area contributed by atoms with E-state index in [9.17, 15) is 4.79 Å². The minimum atomic E-state index is -0.659. The van der Waals surface area contributed by atoms with Crippen molar-refractivity contribution < 1.29 is 9.53 Å². The van der Waals surface area contributed by atoms with Gasteiger partial charge in [-0.15, -0.1) is 11.3 Å². The summed E-state index contributed by atoms with van der Waals surface area (Å²) < 4.78 is 6.10. The van der Waals surface area contributed by atoms with E-state index in [4.69, 9.17) is 33.2 Å². The zero-order valence-corrected chi connectivity index (χ0v) is 12.7. The Hall–Kier alpha value is -1.54. The van der Waals surface area contributed by atoms with Crippen LogP contribution in [0.15, 0.2) is 30.3 Å². The lowest BCUT2D eigenvalue weighted by atomic mass is 10.2. The van der Waals surface area contributed by atoms with Crippen LogP contribution < -0.4 is 4.74 Å². The highest BCUT2D eigenvalue weighted by molar-refractivity contribution is 7.18. The van der Waals surface area contributed by atoms with E-state index < -0.39 is 6.10 Å². The normalized spacial score (nSPS) is 11.7. The van der Waals surface area contributed by atoms with Crippen molar-refractivity contribution in [2.75, 3.05) is 0 Å². The molecule has 0 amide bonds. The summed E-state index contributed by atoms with van der Waals surface area (Å²) in [6, 6.07) is 9.98. The Kier molecular flexibility index (Phi) is 4.66. The van der Waals surface area contributed by atoms with Crippen molar-refractivity contribution in [3.63, 3.8) is 0 Å². The summed E-state index contributed by atoms with van der Waals surface area (Å²) in [5.41, 5.74) is 0.364. The van der Waals surface area contributed by atoms with Crippen molar-refractivity contribution in [3.8, 4) is 11.8 Å². The summed E-state index contributed by atoms with van der Waals surface area (Å²) in [5, 5.41) is 9.09. The largest absolute Gasteiger partial charge is 0.482 e. The van der Waals surface area contributed by atoms with Crippen LogP contribution >= 0.6 is 34.5 Å². The number of nitriles is 1. The van der Waals surface area contributed by atoms with Gasteiger partial charge in [0, 0.05) is 6.07 Å². The number of halogens is 2. The highest BCUT2D eigenvalue weighted by atomic mass is 35.5. The van der Waals surface area contributed by atoms with Crippen LogP contribution in [0, 0.1) is 11.3 Å². The number of thiophene rings is 1. The summed E-state index contributed by atoms with van der Waals surface area (Å²) in [6.45, 7) is 1.65. The molecule has 1 aromatic heterocycles. The molecule has 0 aliphatic rings. The third-order valence-electron chi connectivity index (χ3n) is 2.56. The van der Waals surface area contributed by atoms with Gasteiger partial charge in [-0.1, -0.05) is 23.2 Å². The van der Waals surface area contributed by atoms with E-state index >= 15 is 0 Å². The van der Waals surface area contributed by atoms with E-state index in [1.807, 2.05) is 6.07 Å². The molecule has 3 nitrogen and oxygen atoms in total. The number of carbonyl (C=O) groups excluding carboxylic acids is 1. The van der Waals surface area contributed by atoms with Gasteiger partial charge < -0.3 is 4.74 Å². The van der Waals surface area contributed by atoms with Gasteiger partial charge in [-0.2, -0.15) is 5.26 Å². The fourth-order valence-corrected chi connectivity index (χ4v) is 2.84. The van der Waals surface area contributed by atoms with Crippen LogP contribution in [0.2, 0.25) is 9.36 Å². The van der Waals surface area contributed by atoms with Gasteiger partial charge in [0.1, 0.15) is 11.8 Å². The molecule has 0 aliphatic carbocycles.